The van der Waals surface area contributed by atoms with E-state index in [1.807, 2.05) is 44.4 Å². The van der Waals surface area contributed by atoms with Gasteiger partial charge in [-0.3, -0.25) is 0 Å². The Balaban J connectivity index is 1.52. The number of hydrogen-bond acceptors (Lipinski definition) is 7. The van der Waals surface area contributed by atoms with E-state index >= 15 is 0 Å². The number of imidazole rings is 1. The largest absolute Gasteiger partial charge is 0.494 e. The van der Waals surface area contributed by atoms with Gasteiger partial charge in [-0.2, -0.15) is 4.98 Å². The van der Waals surface area contributed by atoms with Gasteiger partial charge in [-0.15, -0.1) is 5.10 Å². The molecule has 2 aromatic heterocycles. The quantitative estimate of drug-likeness (QED) is 0.579. The van der Waals surface area contributed by atoms with Crippen LogP contribution in [0.3, 0.4) is 0 Å². The van der Waals surface area contributed by atoms with E-state index in [1.165, 1.54) is 12.8 Å². The van der Waals surface area contributed by atoms with Crippen molar-refractivity contribution in [1.29, 1.82) is 0 Å². The van der Waals surface area contributed by atoms with E-state index in [2.05, 4.69) is 26.0 Å². The van der Waals surface area contributed by atoms with Crippen molar-refractivity contribution < 1.29 is 4.74 Å². The molecule has 4 rings (SSSR count). The second kappa shape index (κ2) is 8.43. The summed E-state index contributed by atoms with van der Waals surface area (Å²) < 4.78 is 7.26. The third-order valence-electron chi connectivity index (χ3n) is 5.15. The van der Waals surface area contributed by atoms with Crippen molar-refractivity contribution in [1.82, 2.24) is 24.9 Å². The molecule has 0 amide bonds. The standard InChI is InChI=1S/C20H27N7O/c1-3-28-17-10-8-15(9-11-17)23-18-19-22-12-13-27(19)26-20(25-18)24-16-6-4-14(21-2)5-7-16/h8-14,16,21H,3-7H2,1-2H3,(H2,23,24,25,26)/t14-,16-. The molecule has 2 heterocycles. The maximum atomic E-state index is 5.50. The molecule has 28 heavy (non-hydrogen) atoms. The zero-order chi connectivity index (χ0) is 19.3. The van der Waals surface area contributed by atoms with Crippen LogP contribution in [0.2, 0.25) is 0 Å². The number of hydrogen-bond donors (Lipinski definition) is 3. The lowest BCUT2D eigenvalue weighted by atomic mass is 9.91. The van der Waals surface area contributed by atoms with Crippen molar-refractivity contribution in [3.63, 3.8) is 0 Å². The van der Waals surface area contributed by atoms with E-state index in [4.69, 9.17) is 9.72 Å². The van der Waals surface area contributed by atoms with Crippen molar-refractivity contribution in [2.24, 2.45) is 0 Å². The van der Waals surface area contributed by atoms with Crippen LogP contribution in [0.1, 0.15) is 32.6 Å². The summed E-state index contributed by atoms with van der Waals surface area (Å²) in [6.07, 6.45) is 8.12. The van der Waals surface area contributed by atoms with Gasteiger partial charge in [-0.25, -0.2) is 9.50 Å². The topological polar surface area (TPSA) is 88.4 Å². The highest BCUT2D eigenvalue weighted by atomic mass is 16.5. The monoisotopic (exact) mass is 381 g/mol. The number of nitrogens with zero attached hydrogens (tertiary/aromatic N) is 4. The maximum Gasteiger partial charge on any atom is 0.243 e. The molecule has 0 spiro atoms. The van der Waals surface area contributed by atoms with Crippen molar-refractivity contribution in [2.75, 3.05) is 24.3 Å². The minimum Gasteiger partial charge on any atom is -0.494 e. The van der Waals surface area contributed by atoms with E-state index in [1.54, 1.807) is 10.7 Å². The second-order valence-corrected chi connectivity index (χ2v) is 7.04. The van der Waals surface area contributed by atoms with Crippen LogP contribution in [0.15, 0.2) is 36.7 Å². The van der Waals surface area contributed by atoms with Gasteiger partial charge in [0, 0.05) is 30.2 Å². The van der Waals surface area contributed by atoms with E-state index in [-0.39, 0.29) is 0 Å². The average molecular weight is 381 g/mol. The normalized spacial score (nSPS) is 19.5. The second-order valence-electron chi connectivity index (χ2n) is 7.04. The molecular weight excluding hydrogens is 354 g/mol. The molecule has 0 unspecified atom stereocenters. The zero-order valence-electron chi connectivity index (χ0n) is 16.4. The molecule has 0 aliphatic heterocycles. The van der Waals surface area contributed by atoms with E-state index in [0.717, 1.165) is 24.3 Å². The molecular formula is C20H27N7O. The van der Waals surface area contributed by atoms with Crippen LogP contribution >= 0.6 is 0 Å². The SMILES string of the molecule is CCOc1ccc(Nc2nc(N[C@H]3CC[C@H](NC)CC3)nn3ccnc23)cc1. The lowest BCUT2D eigenvalue weighted by Gasteiger charge is -2.28. The molecule has 0 radical (unpaired) electrons. The molecule has 8 nitrogen and oxygen atoms in total. The number of benzene rings is 1. The summed E-state index contributed by atoms with van der Waals surface area (Å²) in [6.45, 7) is 2.63. The van der Waals surface area contributed by atoms with Crippen LogP contribution in [-0.2, 0) is 0 Å². The Morgan fingerprint density at radius 2 is 1.86 bits per heavy atom. The fourth-order valence-corrected chi connectivity index (χ4v) is 3.62. The summed E-state index contributed by atoms with van der Waals surface area (Å²) in [7, 11) is 2.04. The van der Waals surface area contributed by atoms with Crippen molar-refractivity contribution >= 4 is 23.1 Å². The first-order chi connectivity index (χ1) is 13.7. The first-order valence-corrected chi connectivity index (χ1v) is 9.90. The van der Waals surface area contributed by atoms with Crippen LogP contribution in [0.4, 0.5) is 17.5 Å². The van der Waals surface area contributed by atoms with Gasteiger partial charge in [0.05, 0.1) is 6.61 Å². The maximum absolute atomic E-state index is 5.50. The third kappa shape index (κ3) is 4.17. The number of anilines is 3. The fraction of sp³-hybridized carbons (Fsp3) is 0.450. The minimum atomic E-state index is 0.392. The molecule has 1 saturated carbocycles. The van der Waals surface area contributed by atoms with Gasteiger partial charge in [0.15, 0.2) is 11.5 Å². The summed E-state index contributed by atoms with van der Waals surface area (Å²) in [6, 6.07) is 8.83. The van der Waals surface area contributed by atoms with Crippen molar-refractivity contribution in [3.05, 3.63) is 36.7 Å². The Bertz CT molecular complexity index is 901. The Kier molecular flexibility index (Phi) is 5.57. The van der Waals surface area contributed by atoms with Gasteiger partial charge < -0.3 is 20.7 Å². The minimum absolute atomic E-state index is 0.392. The first-order valence-electron chi connectivity index (χ1n) is 9.90. The molecule has 1 aliphatic rings. The Morgan fingerprint density at radius 3 is 2.57 bits per heavy atom. The lowest BCUT2D eigenvalue weighted by molar-refractivity contribution is 0.340. The molecule has 3 N–H and O–H groups in total. The predicted octanol–water partition coefficient (Wildman–Crippen LogP) is 3.21. The molecule has 8 heteroatoms. The number of aromatic nitrogens is 4. The van der Waals surface area contributed by atoms with Gasteiger partial charge in [0.1, 0.15) is 5.75 Å². The van der Waals surface area contributed by atoms with Gasteiger partial charge in [-0.1, -0.05) is 0 Å². The molecule has 148 valence electrons. The summed E-state index contributed by atoms with van der Waals surface area (Å²) in [5.74, 6) is 2.14. The Morgan fingerprint density at radius 1 is 1.11 bits per heavy atom. The van der Waals surface area contributed by atoms with Crippen molar-refractivity contribution in [3.8, 4) is 5.75 Å². The lowest BCUT2D eigenvalue weighted by Crippen LogP contribution is -2.35. The summed E-state index contributed by atoms with van der Waals surface area (Å²) >= 11 is 0. The van der Waals surface area contributed by atoms with Crippen LogP contribution in [0.25, 0.3) is 5.65 Å². The van der Waals surface area contributed by atoms with E-state index in [9.17, 15) is 0 Å². The number of rotatable bonds is 7. The molecule has 3 aromatic rings. The summed E-state index contributed by atoms with van der Waals surface area (Å²) in [5.41, 5.74) is 1.62. The predicted molar refractivity (Wildman–Crippen MR) is 110 cm³/mol. The highest BCUT2D eigenvalue weighted by molar-refractivity contribution is 5.70. The highest BCUT2D eigenvalue weighted by Gasteiger charge is 2.21. The van der Waals surface area contributed by atoms with Gasteiger partial charge >= 0.3 is 0 Å². The Labute approximate surface area is 164 Å². The molecule has 1 fully saturated rings. The summed E-state index contributed by atoms with van der Waals surface area (Å²) in [4.78, 5) is 9.08. The van der Waals surface area contributed by atoms with Gasteiger partial charge in [0.2, 0.25) is 5.95 Å². The number of ether oxygens (including phenoxy) is 1. The van der Waals surface area contributed by atoms with Gasteiger partial charge in [0.25, 0.3) is 0 Å². The molecule has 0 bridgehead atoms. The zero-order valence-corrected chi connectivity index (χ0v) is 16.4. The summed E-state index contributed by atoms with van der Waals surface area (Å²) in [5, 5.41) is 14.8. The average Bonchev–Trinajstić information content (AvgIpc) is 3.19. The molecule has 1 aromatic carbocycles. The van der Waals surface area contributed by atoms with Gasteiger partial charge in [-0.05, 0) is 63.9 Å². The third-order valence-corrected chi connectivity index (χ3v) is 5.15. The molecule has 1 aliphatic carbocycles. The van der Waals surface area contributed by atoms with E-state index < -0.39 is 0 Å². The Hall–Kier alpha value is -2.87. The van der Waals surface area contributed by atoms with Crippen molar-refractivity contribution in [2.45, 2.75) is 44.7 Å². The molecule has 0 atom stereocenters. The first kappa shape index (κ1) is 18.5. The number of fused-ring (bicyclic) bond motifs is 1. The van der Waals surface area contributed by atoms with E-state index in [0.29, 0.717) is 36.1 Å². The van der Waals surface area contributed by atoms with Crippen LogP contribution in [0.5, 0.6) is 5.75 Å². The van der Waals surface area contributed by atoms with Crippen LogP contribution in [0, 0.1) is 0 Å². The number of nitrogens with one attached hydrogen (secondary N) is 3. The highest BCUT2D eigenvalue weighted by Crippen LogP contribution is 2.24. The molecule has 0 saturated heterocycles. The van der Waals surface area contributed by atoms with Crippen LogP contribution < -0.4 is 20.7 Å². The smallest absolute Gasteiger partial charge is 0.243 e. The fourth-order valence-electron chi connectivity index (χ4n) is 3.62. The van der Waals surface area contributed by atoms with Crippen LogP contribution in [-0.4, -0.2) is 45.3 Å².